The lowest BCUT2D eigenvalue weighted by atomic mass is 10.1. The van der Waals surface area contributed by atoms with Crippen LogP contribution in [0.1, 0.15) is 5.69 Å². The van der Waals surface area contributed by atoms with E-state index >= 15 is 0 Å². The molecule has 0 aliphatic carbocycles. The van der Waals surface area contributed by atoms with E-state index in [2.05, 4.69) is 34.6 Å². The van der Waals surface area contributed by atoms with Gasteiger partial charge in [-0.15, -0.1) is 0 Å². The molecule has 1 heterocycles. The summed E-state index contributed by atoms with van der Waals surface area (Å²) in [6.45, 7) is 3.52. The normalized spacial score (nSPS) is 10.7. The Kier molecular flexibility index (Phi) is 4.22. The highest BCUT2D eigenvalue weighted by Gasteiger charge is 2.09. The monoisotopic (exact) mass is 259 g/mol. The fourth-order valence-corrected chi connectivity index (χ4v) is 2.17. The van der Waals surface area contributed by atoms with Crippen molar-refractivity contribution in [2.75, 3.05) is 44.6 Å². The van der Waals surface area contributed by atoms with Crippen LogP contribution < -0.4 is 10.2 Å². The molecule has 0 fully saturated rings. The number of aromatic nitrogens is 1. The second-order valence-corrected chi connectivity index (χ2v) is 4.80. The SMILES string of the molecule is COCCNc1cccc2c(N(C)C)nc(C)cc12. The lowest BCUT2D eigenvalue weighted by Gasteiger charge is -2.17. The summed E-state index contributed by atoms with van der Waals surface area (Å²) in [6.07, 6.45) is 0. The fraction of sp³-hybridized carbons (Fsp3) is 0.400. The van der Waals surface area contributed by atoms with Gasteiger partial charge < -0.3 is 15.0 Å². The third-order valence-electron chi connectivity index (χ3n) is 3.03. The summed E-state index contributed by atoms with van der Waals surface area (Å²) in [6, 6.07) is 8.38. The number of methoxy groups -OCH3 is 1. The fourth-order valence-electron chi connectivity index (χ4n) is 2.17. The van der Waals surface area contributed by atoms with E-state index < -0.39 is 0 Å². The van der Waals surface area contributed by atoms with Gasteiger partial charge in [-0.3, -0.25) is 0 Å². The van der Waals surface area contributed by atoms with Gasteiger partial charge in [-0.05, 0) is 19.1 Å². The van der Waals surface area contributed by atoms with Gasteiger partial charge in [-0.1, -0.05) is 12.1 Å². The number of aryl methyl sites for hydroxylation is 1. The largest absolute Gasteiger partial charge is 0.383 e. The zero-order valence-corrected chi connectivity index (χ0v) is 12.0. The van der Waals surface area contributed by atoms with Crippen LogP contribution in [-0.4, -0.2) is 39.3 Å². The molecule has 0 saturated heterocycles. The topological polar surface area (TPSA) is 37.4 Å². The highest BCUT2D eigenvalue weighted by atomic mass is 16.5. The van der Waals surface area contributed by atoms with E-state index in [4.69, 9.17) is 4.74 Å². The zero-order valence-electron chi connectivity index (χ0n) is 12.0. The van der Waals surface area contributed by atoms with Gasteiger partial charge in [0.2, 0.25) is 0 Å². The van der Waals surface area contributed by atoms with Crippen molar-refractivity contribution in [3.63, 3.8) is 0 Å². The molecular formula is C15H21N3O. The van der Waals surface area contributed by atoms with Gasteiger partial charge >= 0.3 is 0 Å². The van der Waals surface area contributed by atoms with Crippen LogP contribution in [0.25, 0.3) is 10.8 Å². The van der Waals surface area contributed by atoms with E-state index in [1.165, 1.54) is 5.39 Å². The number of benzene rings is 1. The minimum atomic E-state index is 0.695. The number of nitrogens with one attached hydrogen (secondary N) is 1. The molecule has 0 radical (unpaired) electrons. The van der Waals surface area contributed by atoms with Crippen molar-refractivity contribution in [1.82, 2.24) is 4.98 Å². The molecule has 0 aliphatic heterocycles. The summed E-state index contributed by atoms with van der Waals surface area (Å²) in [5.41, 5.74) is 2.15. The molecular weight excluding hydrogens is 238 g/mol. The molecule has 0 unspecified atom stereocenters. The molecule has 0 bridgehead atoms. The minimum Gasteiger partial charge on any atom is -0.383 e. The smallest absolute Gasteiger partial charge is 0.136 e. The van der Waals surface area contributed by atoms with Crippen LogP contribution in [0.4, 0.5) is 11.5 Å². The van der Waals surface area contributed by atoms with Gasteiger partial charge in [0.05, 0.1) is 6.61 Å². The number of anilines is 2. The van der Waals surface area contributed by atoms with Crippen LogP contribution in [0.3, 0.4) is 0 Å². The maximum Gasteiger partial charge on any atom is 0.136 e. The van der Waals surface area contributed by atoms with Crippen LogP contribution in [0.2, 0.25) is 0 Å². The second kappa shape index (κ2) is 5.89. The van der Waals surface area contributed by atoms with E-state index in [-0.39, 0.29) is 0 Å². The molecule has 1 N–H and O–H groups in total. The molecule has 0 amide bonds. The first-order chi connectivity index (χ1) is 9.13. The Labute approximate surface area is 114 Å². The lowest BCUT2D eigenvalue weighted by Crippen LogP contribution is -2.12. The molecule has 2 rings (SSSR count). The van der Waals surface area contributed by atoms with Gasteiger partial charge in [0, 0.05) is 49.9 Å². The molecule has 0 saturated carbocycles. The van der Waals surface area contributed by atoms with Crippen LogP contribution in [0.15, 0.2) is 24.3 Å². The Balaban J connectivity index is 2.48. The Bertz CT molecular complexity index is 567. The van der Waals surface area contributed by atoms with E-state index in [1.807, 2.05) is 25.9 Å². The Morgan fingerprint density at radius 2 is 2.05 bits per heavy atom. The molecule has 1 aromatic heterocycles. The number of nitrogens with zero attached hydrogens (tertiary/aromatic N) is 2. The third-order valence-corrected chi connectivity index (χ3v) is 3.03. The molecule has 19 heavy (non-hydrogen) atoms. The van der Waals surface area contributed by atoms with Crippen molar-refractivity contribution >= 4 is 22.3 Å². The van der Waals surface area contributed by atoms with Gasteiger partial charge in [-0.25, -0.2) is 4.98 Å². The van der Waals surface area contributed by atoms with E-state index in [1.54, 1.807) is 7.11 Å². The van der Waals surface area contributed by atoms with Gasteiger partial charge in [-0.2, -0.15) is 0 Å². The summed E-state index contributed by atoms with van der Waals surface area (Å²) in [5, 5.41) is 5.78. The first-order valence-electron chi connectivity index (χ1n) is 6.44. The van der Waals surface area contributed by atoms with Crippen molar-refractivity contribution in [3.8, 4) is 0 Å². The predicted octanol–water partition coefficient (Wildman–Crippen LogP) is 2.67. The Morgan fingerprint density at radius 1 is 1.26 bits per heavy atom. The lowest BCUT2D eigenvalue weighted by molar-refractivity contribution is 0.211. The highest BCUT2D eigenvalue weighted by Crippen LogP contribution is 2.29. The molecule has 0 atom stereocenters. The average Bonchev–Trinajstić information content (AvgIpc) is 2.38. The van der Waals surface area contributed by atoms with Crippen molar-refractivity contribution in [3.05, 3.63) is 30.0 Å². The van der Waals surface area contributed by atoms with Crippen molar-refractivity contribution in [1.29, 1.82) is 0 Å². The molecule has 4 nitrogen and oxygen atoms in total. The summed E-state index contributed by atoms with van der Waals surface area (Å²) >= 11 is 0. The standard InChI is InChI=1S/C15H21N3O/c1-11-10-13-12(15(17-11)18(2)3)6-5-7-14(13)16-8-9-19-4/h5-7,10,16H,8-9H2,1-4H3. The first kappa shape index (κ1) is 13.6. The quantitative estimate of drug-likeness (QED) is 0.838. The summed E-state index contributed by atoms with van der Waals surface area (Å²) in [4.78, 5) is 6.66. The second-order valence-electron chi connectivity index (χ2n) is 4.80. The zero-order chi connectivity index (χ0) is 13.8. The summed E-state index contributed by atoms with van der Waals surface area (Å²) < 4.78 is 5.08. The molecule has 2 aromatic rings. The minimum absolute atomic E-state index is 0.695. The number of pyridine rings is 1. The van der Waals surface area contributed by atoms with Crippen molar-refractivity contribution < 1.29 is 4.74 Å². The number of hydrogen-bond donors (Lipinski definition) is 1. The molecule has 102 valence electrons. The van der Waals surface area contributed by atoms with Gasteiger partial charge in [0.15, 0.2) is 0 Å². The van der Waals surface area contributed by atoms with E-state index in [0.29, 0.717) is 6.61 Å². The molecule has 1 aromatic carbocycles. The first-order valence-corrected chi connectivity index (χ1v) is 6.44. The third kappa shape index (κ3) is 2.96. The highest BCUT2D eigenvalue weighted by molar-refractivity contribution is 6.00. The Morgan fingerprint density at radius 3 is 2.74 bits per heavy atom. The van der Waals surface area contributed by atoms with Crippen molar-refractivity contribution in [2.45, 2.75) is 6.92 Å². The van der Waals surface area contributed by atoms with Crippen LogP contribution >= 0.6 is 0 Å². The van der Waals surface area contributed by atoms with E-state index in [9.17, 15) is 0 Å². The molecule has 4 heteroatoms. The average molecular weight is 259 g/mol. The number of rotatable bonds is 5. The maximum absolute atomic E-state index is 5.08. The van der Waals surface area contributed by atoms with Crippen molar-refractivity contribution in [2.24, 2.45) is 0 Å². The predicted molar refractivity (Wildman–Crippen MR) is 81.2 cm³/mol. The molecule has 0 spiro atoms. The summed E-state index contributed by atoms with van der Waals surface area (Å²) in [7, 11) is 5.75. The number of ether oxygens (including phenoxy) is 1. The maximum atomic E-state index is 5.08. The number of fused-ring (bicyclic) bond motifs is 1. The van der Waals surface area contributed by atoms with Crippen LogP contribution in [0.5, 0.6) is 0 Å². The summed E-state index contributed by atoms with van der Waals surface area (Å²) in [5.74, 6) is 1.00. The van der Waals surface area contributed by atoms with Crippen LogP contribution in [0, 0.1) is 6.92 Å². The van der Waals surface area contributed by atoms with E-state index in [0.717, 1.165) is 29.1 Å². The van der Waals surface area contributed by atoms with Crippen LogP contribution in [-0.2, 0) is 4.74 Å². The van der Waals surface area contributed by atoms with Gasteiger partial charge in [0.25, 0.3) is 0 Å². The van der Waals surface area contributed by atoms with Gasteiger partial charge in [0.1, 0.15) is 5.82 Å². The Hall–Kier alpha value is -1.81. The number of hydrogen-bond acceptors (Lipinski definition) is 4. The molecule has 0 aliphatic rings.